The van der Waals surface area contributed by atoms with Gasteiger partial charge >= 0.3 is 0 Å². The van der Waals surface area contributed by atoms with Crippen LogP contribution in [-0.4, -0.2) is 12.5 Å². The van der Waals surface area contributed by atoms with Gasteiger partial charge in [0.05, 0.1) is 6.04 Å². The normalized spacial score (nSPS) is 14.2. The van der Waals surface area contributed by atoms with Crippen molar-refractivity contribution in [3.8, 4) is 0 Å². The molecule has 1 amide bonds. The van der Waals surface area contributed by atoms with E-state index in [1.807, 2.05) is 0 Å². The third-order valence-corrected chi connectivity index (χ3v) is 2.59. The lowest BCUT2D eigenvalue weighted by Gasteiger charge is -2.17. The second-order valence-corrected chi connectivity index (χ2v) is 4.03. The van der Waals surface area contributed by atoms with E-state index in [4.69, 9.17) is 5.73 Å². The minimum atomic E-state index is -0.668. The van der Waals surface area contributed by atoms with Crippen molar-refractivity contribution in [2.75, 3.05) is 6.54 Å². The molecule has 0 saturated carbocycles. The Hall–Kier alpha value is -1.49. The SMILES string of the molecule is CC(CN)C(=O)NC(C)c1ccc(F)cc1F. The molecule has 1 aromatic rings. The Morgan fingerprint density at radius 1 is 1.41 bits per heavy atom. The molecular formula is C12H16F2N2O. The summed E-state index contributed by atoms with van der Waals surface area (Å²) in [6, 6.07) is 2.76. The van der Waals surface area contributed by atoms with Crippen LogP contribution in [0.1, 0.15) is 25.5 Å². The van der Waals surface area contributed by atoms with Crippen molar-refractivity contribution in [1.82, 2.24) is 5.32 Å². The Labute approximate surface area is 99.0 Å². The first-order chi connectivity index (χ1) is 7.95. The van der Waals surface area contributed by atoms with Crippen LogP contribution in [0.25, 0.3) is 0 Å². The molecule has 0 aromatic heterocycles. The van der Waals surface area contributed by atoms with E-state index in [1.54, 1.807) is 13.8 Å². The second kappa shape index (κ2) is 5.72. The summed E-state index contributed by atoms with van der Waals surface area (Å²) in [7, 11) is 0. The second-order valence-electron chi connectivity index (χ2n) is 4.03. The van der Waals surface area contributed by atoms with Gasteiger partial charge in [-0.05, 0) is 13.0 Å². The van der Waals surface area contributed by atoms with E-state index in [0.717, 1.165) is 12.1 Å². The predicted molar refractivity (Wildman–Crippen MR) is 61.1 cm³/mol. The average Bonchev–Trinajstić information content (AvgIpc) is 2.27. The molecular weight excluding hydrogens is 226 g/mol. The van der Waals surface area contributed by atoms with Crippen molar-refractivity contribution in [3.05, 3.63) is 35.4 Å². The number of nitrogens with one attached hydrogen (secondary N) is 1. The van der Waals surface area contributed by atoms with Crippen LogP contribution in [0.2, 0.25) is 0 Å². The third-order valence-electron chi connectivity index (χ3n) is 2.59. The maximum absolute atomic E-state index is 13.4. The van der Waals surface area contributed by atoms with Crippen molar-refractivity contribution < 1.29 is 13.6 Å². The highest BCUT2D eigenvalue weighted by molar-refractivity contribution is 5.78. The number of nitrogens with two attached hydrogens (primary N) is 1. The first-order valence-electron chi connectivity index (χ1n) is 5.41. The summed E-state index contributed by atoms with van der Waals surface area (Å²) in [6.07, 6.45) is 0. The molecule has 94 valence electrons. The van der Waals surface area contributed by atoms with Crippen LogP contribution in [-0.2, 0) is 4.79 Å². The third kappa shape index (κ3) is 3.49. The van der Waals surface area contributed by atoms with Gasteiger partial charge in [-0.3, -0.25) is 4.79 Å². The summed E-state index contributed by atoms with van der Waals surface area (Å²) in [5.74, 6) is -1.89. The van der Waals surface area contributed by atoms with Gasteiger partial charge in [-0.15, -0.1) is 0 Å². The Kier molecular flexibility index (Phi) is 4.57. The first kappa shape index (κ1) is 13.6. The minimum absolute atomic E-state index is 0.227. The highest BCUT2D eigenvalue weighted by Crippen LogP contribution is 2.17. The number of benzene rings is 1. The number of hydrogen-bond acceptors (Lipinski definition) is 2. The quantitative estimate of drug-likeness (QED) is 0.845. The zero-order chi connectivity index (χ0) is 13.0. The number of carbonyl (C=O) groups excluding carboxylic acids is 1. The van der Waals surface area contributed by atoms with E-state index in [0.29, 0.717) is 0 Å². The number of amides is 1. The molecule has 1 aromatic carbocycles. The van der Waals surface area contributed by atoms with Crippen LogP contribution < -0.4 is 11.1 Å². The maximum Gasteiger partial charge on any atom is 0.224 e. The lowest BCUT2D eigenvalue weighted by molar-refractivity contribution is -0.124. The van der Waals surface area contributed by atoms with Gasteiger partial charge in [-0.25, -0.2) is 8.78 Å². The van der Waals surface area contributed by atoms with E-state index >= 15 is 0 Å². The lowest BCUT2D eigenvalue weighted by atomic mass is 10.1. The van der Waals surface area contributed by atoms with Crippen LogP contribution in [0.3, 0.4) is 0 Å². The molecule has 0 bridgehead atoms. The smallest absolute Gasteiger partial charge is 0.224 e. The van der Waals surface area contributed by atoms with Gasteiger partial charge < -0.3 is 11.1 Å². The van der Waals surface area contributed by atoms with Gasteiger partial charge in [0.25, 0.3) is 0 Å². The minimum Gasteiger partial charge on any atom is -0.349 e. The predicted octanol–water partition coefficient (Wildman–Crippen LogP) is 1.74. The Morgan fingerprint density at radius 3 is 2.59 bits per heavy atom. The highest BCUT2D eigenvalue weighted by atomic mass is 19.1. The number of halogens is 2. The van der Waals surface area contributed by atoms with Gasteiger partial charge in [0.15, 0.2) is 0 Å². The summed E-state index contributed by atoms with van der Waals surface area (Å²) in [6.45, 7) is 3.55. The van der Waals surface area contributed by atoms with Gasteiger partial charge in [0, 0.05) is 24.1 Å². The molecule has 3 nitrogen and oxygen atoms in total. The number of rotatable bonds is 4. The molecule has 0 radical (unpaired) electrons. The highest BCUT2D eigenvalue weighted by Gasteiger charge is 2.17. The van der Waals surface area contributed by atoms with Crippen LogP contribution in [0.5, 0.6) is 0 Å². The van der Waals surface area contributed by atoms with Crippen molar-refractivity contribution in [3.63, 3.8) is 0 Å². The molecule has 2 unspecified atom stereocenters. The number of carbonyl (C=O) groups is 1. The van der Waals surface area contributed by atoms with Crippen LogP contribution in [0, 0.1) is 17.6 Å². The van der Waals surface area contributed by atoms with Gasteiger partial charge in [-0.1, -0.05) is 13.0 Å². The lowest BCUT2D eigenvalue weighted by Crippen LogP contribution is -2.35. The molecule has 5 heteroatoms. The summed E-state index contributed by atoms with van der Waals surface area (Å²) in [4.78, 5) is 11.5. The fourth-order valence-corrected chi connectivity index (χ4v) is 1.39. The molecule has 2 atom stereocenters. The summed E-state index contributed by atoms with van der Waals surface area (Å²) in [5, 5.41) is 2.63. The van der Waals surface area contributed by atoms with Gasteiger partial charge in [-0.2, -0.15) is 0 Å². The van der Waals surface area contributed by atoms with Crippen LogP contribution >= 0.6 is 0 Å². The van der Waals surface area contributed by atoms with E-state index in [1.165, 1.54) is 6.07 Å². The molecule has 3 N–H and O–H groups in total. The van der Waals surface area contributed by atoms with Crippen molar-refractivity contribution in [2.24, 2.45) is 11.7 Å². The molecule has 0 aliphatic carbocycles. The maximum atomic E-state index is 13.4. The Bertz CT molecular complexity index is 409. The van der Waals surface area contributed by atoms with Gasteiger partial charge in [0.2, 0.25) is 5.91 Å². The average molecular weight is 242 g/mol. The molecule has 17 heavy (non-hydrogen) atoms. The van der Waals surface area contributed by atoms with E-state index in [2.05, 4.69) is 5.32 Å². The summed E-state index contributed by atoms with van der Waals surface area (Å²) in [5.41, 5.74) is 5.61. The fourth-order valence-electron chi connectivity index (χ4n) is 1.39. The van der Waals surface area contributed by atoms with Crippen molar-refractivity contribution in [2.45, 2.75) is 19.9 Å². The summed E-state index contributed by atoms with van der Waals surface area (Å²) < 4.78 is 26.1. The van der Waals surface area contributed by atoms with E-state index < -0.39 is 17.7 Å². The topological polar surface area (TPSA) is 55.1 Å². The van der Waals surface area contributed by atoms with Crippen molar-refractivity contribution in [1.29, 1.82) is 0 Å². The summed E-state index contributed by atoms with van der Waals surface area (Å²) >= 11 is 0. The zero-order valence-corrected chi connectivity index (χ0v) is 9.84. The van der Waals surface area contributed by atoms with E-state index in [-0.39, 0.29) is 23.9 Å². The monoisotopic (exact) mass is 242 g/mol. The Balaban J connectivity index is 2.76. The molecule has 0 saturated heterocycles. The number of hydrogen-bond donors (Lipinski definition) is 2. The van der Waals surface area contributed by atoms with Crippen molar-refractivity contribution >= 4 is 5.91 Å². The van der Waals surface area contributed by atoms with Gasteiger partial charge in [0.1, 0.15) is 11.6 Å². The molecule has 0 aliphatic heterocycles. The molecule has 0 heterocycles. The zero-order valence-electron chi connectivity index (χ0n) is 9.84. The largest absolute Gasteiger partial charge is 0.349 e. The van der Waals surface area contributed by atoms with E-state index in [9.17, 15) is 13.6 Å². The molecule has 1 rings (SSSR count). The molecule has 0 aliphatic rings. The Morgan fingerprint density at radius 2 is 2.06 bits per heavy atom. The first-order valence-corrected chi connectivity index (χ1v) is 5.41. The van der Waals surface area contributed by atoms with Crippen LogP contribution in [0.4, 0.5) is 8.78 Å². The van der Waals surface area contributed by atoms with Crippen LogP contribution in [0.15, 0.2) is 18.2 Å². The molecule has 0 spiro atoms. The molecule has 0 fully saturated rings. The standard InChI is InChI=1S/C12H16F2N2O/c1-7(6-15)12(17)16-8(2)10-4-3-9(13)5-11(10)14/h3-5,7-8H,6,15H2,1-2H3,(H,16,17). The fraction of sp³-hybridized carbons (Fsp3) is 0.417.